The molecule has 1 N–H and O–H groups in total. The summed E-state index contributed by atoms with van der Waals surface area (Å²) in [5.74, 6) is -1.49. The van der Waals surface area contributed by atoms with E-state index in [0.29, 0.717) is 6.54 Å². The number of nitrogens with zero attached hydrogens (tertiary/aromatic N) is 1. The number of carbonyl (C=O) groups excluding carboxylic acids is 3. The second-order valence-corrected chi connectivity index (χ2v) is 5.71. The maximum Gasteiger partial charge on any atom is 0.312 e. The van der Waals surface area contributed by atoms with Gasteiger partial charge in [0.2, 0.25) is 5.91 Å². The van der Waals surface area contributed by atoms with Crippen molar-refractivity contribution in [2.24, 2.45) is 5.92 Å². The summed E-state index contributed by atoms with van der Waals surface area (Å²) >= 11 is 0. The standard InChI is InChI=1S/C17H22N2O4/c1-4-18-16(21)12(3)23-17(22)13-9-15(20)19(10-13)14-7-5-11(2)6-8-14/h5-8,12-13H,4,9-10H2,1-3H3,(H,18,21)/t12-,13+/m0/s1. The van der Waals surface area contributed by atoms with Gasteiger partial charge in [-0.25, -0.2) is 0 Å². The summed E-state index contributed by atoms with van der Waals surface area (Å²) in [6.45, 7) is 6.05. The summed E-state index contributed by atoms with van der Waals surface area (Å²) in [6, 6.07) is 7.56. The average molecular weight is 318 g/mol. The maximum absolute atomic E-state index is 12.2. The zero-order valence-electron chi connectivity index (χ0n) is 13.7. The van der Waals surface area contributed by atoms with Gasteiger partial charge in [-0.3, -0.25) is 14.4 Å². The maximum atomic E-state index is 12.2. The number of likely N-dealkylation sites (N-methyl/N-ethyl adjacent to an activating group) is 1. The number of amides is 2. The van der Waals surface area contributed by atoms with Crippen LogP contribution in [0.15, 0.2) is 24.3 Å². The summed E-state index contributed by atoms with van der Waals surface area (Å²) < 4.78 is 5.17. The lowest BCUT2D eigenvalue weighted by Gasteiger charge is -2.18. The van der Waals surface area contributed by atoms with Crippen molar-refractivity contribution in [3.8, 4) is 0 Å². The van der Waals surface area contributed by atoms with E-state index >= 15 is 0 Å². The highest BCUT2D eigenvalue weighted by Gasteiger charge is 2.37. The first-order valence-electron chi connectivity index (χ1n) is 7.77. The minimum atomic E-state index is -0.856. The molecule has 2 amide bonds. The Morgan fingerprint density at radius 1 is 1.35 bits per heavy atom. The number of nitrogens with one attached hydrogen (secondary N) is 1. The number of carbonyl (C=O) groups is 3. The molecule has 124 valence electrons. The van der Waals surface area contributed by atoms with Gasteiger partial charge in [-0.2, -0.15) is 0 Å². The van der Waals surface area contributed by atoms with Crippen molar-refractivity contribution in [1.29, 1.82) is 0 Å². The third-order valence-electron chi connectivity index (χ3n) is 3.82. The van der Waals surface area contributed by atoms with Gasteiger partial charge < -0.3 is 15.0 Å². The average Bonchev–Trinajstić information content (AvgIpc) is 2.90. The molecule has 1 aromatic rings. The van der Waals surface area contributed by atoms with Crippen LogP contribution in [0, 0.1) is 12.8 Å². The molecular weight excluding hydrogens is 296 g/mol. The summed E-state index contributed by atoms with van der Waals surface area (Å²) in [6.07, 6.45) is -0.750. The first-order valence-corrected chi connectivity index (χ1v) is 7.77. The fourth-order valence-electron chi connectivity index (χ4n) is 2.48. The van der Waals surface area contributed by atoms with Crippen LogP contribution in [0.3, 0.4) is 0 Å². The molecule has 2 rings (SSSR count). The Balaban J connectivity index is 1.97. The molecule has 23 heavy (non-hydrogen) atoms. The Morgan fingerprint density at radius 3 is 2.61 bits per heavy atom. The monoisotopic (exact) mass is 318 g/mol. The molecule has 0 aromatic heterocycles. The Morgan fingerprint density at radius 2 is 2.00 bits per heavy atom. The number of hydrogen-bond donors (Lipinski definition) is 1. The second-order valence-electron chi connectivity index (χ2n) is 5.71. The van der Waals surface area contributed by atoms with Crippen LogP contribution < -0.4 is 10.2 Å². The highest BCUT2D eigenvalue weighted by molar-refractivity contribution is 5.99. The summed E-state index contributed by atoms with van der Waals surface area (Å²) in [5, 5.41) is 2.60. The lowest BCUT2D eigenvalue weighted by molar-refractivity contribution is -0.158. The summed E-state index contributed by atoms with van der Waals surface area (Å²) in [4.78, 5) is 37.5. The highest BCUT2D eigenvalue weighted by atomic mass is 16.5. The molecule has 0 saturated carbocycles. The van der Waals surface area contributed by atoms with Crippen LogP contribution in [-0.2, 0) is 19.1 Å². The zero-order valence-corrected chi connectivity index (χ0v) is 13.7. The fraction of sp³-hybridized carbons (Fsp3) is 0.471. The third-order valence-corrected chi connectivity index (χ3v) is 3.82. The molecule has 0 aliphatic carbocycles. The summed E-state index contributed by atoms with van der Waals surface area (Å²) in [5.41, 5.74) is 1.87. The van der Waals surface area contributed by atoms with Gasteiger partial charge in [-0.05, 0) is 32.9 Å². The van der Waals surface area contributed by atoms with Crippen LogP contribution in [0.1, 0.15) is 25.8 Å². The third kappa shape index (κ3) is 4.09. The molecule has 0 radical (unpaired) electrons. The lowest BCUT2D eigenvalue weighted by atomic mass is 10.1. The van der Waals surface area contributed by atoms with Gasteiger partial charge in [0.25, 0.3) is 5.91 Å². The molecular formula is C17H22N2O4. The zero-order chi connectivity index (χ0) is 17.0. The lowest BCUT2D eigenvalue weighted by Crippen LogP contribution is -2.37. The van der Waals surface area contributed by atoms with E-state index in [0.717, 1.165) is 11.3 Å². The van der Waals surface area contributed by atoms with Gasteiger partial charge >= 0.3 is 5.97 Å². The smallest absolute Gasteiger partial charge is 0.312 e. The number of aryl methyl sites for hydroxylation is 1. The first-order chi connectivity index (χ1) is 10.9. The first kappa shape index (κ1) is 17.0. The van der Waals surface area contributed by atoms with E-state index in [1.807, 2.05) is 31.2 Å². The number of ether oxygens (including phenoxy) is 1. The van der Waals surface area contributed by atoms with Crippen molar-refractivity contribution in [3.05, 3.63) is 29.8 Å². The van der Waals surface area contributed by atoms with Gasteiger partial charge in [-0.1, -0.05) is 17.7 Å². The molecule has 1 aromatic carbocycles. The predicted octanol–water partition coefficient (Wildman–Crippen LogP) is 1.42. The van der Waals surface area contributed by atoms with Gasteiger partial charge in [0.15, 0.2) is 6.10 Å². The molecule has 6 nitrogen and oxygen atoms in total. The van der Waals surface area contributed by atoms with E-state index in [1.165, 1.54) is 6.92 Å². The molecule has 0 unspecified atom stereocenters. The number of benzene rings is 1. The molecule has 0 spiro atoms. The topological polar surface area (TPSA) is 75.7 Å². The number of rotatable bonds is 5. The molecule has 1 aliphatic rings. The van der Waals surface area contributed by atoms with Gasteiger partial charge in [0.05, 0.1) is 5.92 Å². The minimum absolute atomic E-state index is 0.106. The van der Waals surface area contributed by atoms with Crippen molar-refractivity contribution in [1.82, 2.24) is 5.32 Å². The largest absolute Gasteiger partial charge is 0.452 e. The van der Waals surface area contributed by atoms with Crippen molar-refractivity contribution in [2.45, 2.75) is 33.3 Å². The summed E-state index contributed by atoms with van der Waals surface area (Å²) in [7, 11) is 0. The van der Waals surface area contributed by atoms with Crippen molar-refractivity contribution in [2.75, 3.05) is 18.0 Å². The quantitative estimate of drug-likeness (QED) is 0.833. The Kier molecular flexibility index (Phi) is 5.36. The SMILES string of the molecule is CCNC(=O)[C@H](C)OC(=O)[C@@H]1CC(=O)N(c2ccc(C)cc2)C1. The fourth-order valence-corrected chi connectivity index (χ4v) is 2.48. The molecule has 2 atom stereocenters. The minimum Gasteiger partial charge on any atom is -0.452 e. The van der Waals surface area contributed by atoms with E-state index in [4.69, 9.17) is 4.74 Å². The van der Waals surface area contributed by atoms with Crippen LogP contribution >= 0.6 is 0 Å². The molecule has 1 heterocycles. The van der Waals surface area contributed by atoms with Crippen LogP contribution in [0.2, 0.25) is 0 Å². The van der Waals surface area contributed by atoms with Gasteiger partial charge in [0.1, 0.15) is 0 Å². The van der Waals surface area contributed by atoms with E-state index in [1.54, 1.807) is 11.8 Å². The van der Waals surface area contributed by atoms with Crippen LogP contribution in [0.25, 0.3) is 0 Å². The molecule has 1 fully saturated rings. The van der Waals surface area contributed by atoms with E-state index in [2.05, 4.69) is 5.32 Å². The van der Waals surface area contributed by atoms with Crippen molar-refractivity contribution >= 4 is 23.5 Å². The Labute approximate surface area is 135 Å². The molecule has 1 aliphatic heterocycles. The molecule has 6 heteroatoms. The molecule has 0 bridgehead atoms. The predicted molar refractivity (Wildman–Crippen MR) is 85.9 cm³/mol. The Hall–Kier alpha value is -2.37. The van der Waals surface area contributed by atoms with Gasteiger partial charge in [-0.15, -0.1) is 0 Å². The second kappa shape index (κ2) is 7.26. The number of hydrogen-bond acceptors (Lipinski definition) is 4. The van der Waals surface area contributed by atoms with E-state index in [9.17, 15) is 14.4 Å². The highest BCUT2D eigenvalue weighted by Crippen LogP contribution is 2.26. The Bertz CT molecular complexity index is 597. The van der Waals surface area contributed by atoms with E-state index in [-0.39, 0.29) is 24.8 Å². The van der Waals surface area contributed by atoms with Gasteiger partial charge in [0, 0.05) is 25.2 Å². The van der Waals surface area contributed by atoms with Crippen molar-refractivity contribution in [3.63, 3.8) is 0 Å². The molecule has 1 saturated heterocycles. The van der Waals surface area contributed by atoms with Crippen LogP contribution in [-0.4, -0.2) is 37.0 Å². The van der Waals surface area contributed by atoms with E-state index < -0.39 is 18.0 Å². The van der Waals surface area contributed by atoms with Crippen LogP contribution in [0.4, 0.5) is 5.69 Å². The van der Waals surface area contributed by atoms with Crippen LogP contribution in [0.5, 0.6) is 0 Å². The van der Waals surface area contributed by atoms with Crippen molar-refractivity contribution < 1.29 is 19.1 Å². The normalized spacial score (nSPS) is 18.7. The number of anilines is 1. The number of esters is 1.